The molecule has 0 aromatic rings. The summed E-state index contributed by atoms with van der Waals surface area (Å²) in [4.78, 5) is 11.0. The van der Waals surface area contributed by atoms with E-state index in [9.17, 15) is 9.90 Å². The Hall–Kier alpha value is -0.960. The molecule has 0 unspecified atom stereocenters. The summed E-state index contributed by atoms with van der Waals surface area (Å²) >= 11 is 1.11. The van der Waals surface area contributed by atoms with Crippen LogP contribution in [0.3, 0.4) is 0 Å². The van der Waals surface area contributed by atoms with Crippen molar-refractivity contribution < 1.29 is 9.90 Å². The van der Waals surface area contributed by atoms with Gasteiger partial charge in [-0.3, -0.25) is 4.79 Å². The predicted molar refractivity (Wildman–Crippen MR) is 55.7 cm³/mol. The van der Waals surface area contributed by atoms with E-state index in [1.807, 2.05) is 13.0 Å². The van der Waals surface area contributed by atoms with Gasteiger partial charge in [0.15, 0.2) is 0 Å². The maximum atomic E-state index is 11.0. The summed E-state index contributed by atoms with van der Waals surface area (Å²) in [5.41, 5.74) is 0.949. The minimum absolute atomic E-state index is 0.104. The van der Waals surface area contributed by atoms with E-state index >= 15 is 0 Å². The van der Waals surface area contributed by atoms with Crippen LogP contribution in [0.15, 0.2) is 36.1 Å². The molecule has 0 spiro atoms. The van der Waals surface area contributed by atoms with Crippen LogP contribution in [0.4, 0.5) is 0 Å². The molecule has 1 heterocycles. The summed E-state index contributed by atoms with van der Waals surface area (Å²) in [6.45, 7) is 7.31. The van der Waals surface area contributed by atoms with Gasteiger partial charge in [-0.15, -0.1) is 0 Å². The fourth-order valence-electron chi connectivity index (χ4n) is 1.14. The Morgan fingerprint density at radius 3 is 2.77 bits per heavy atom. The molecule has 1 rings (SSSR count). The van der Waals surface area contributed by atoms with Gasteiger partial charge < -0.3 is 5.11 Å². The van der Waals surface area contributed by atoms with Gasteiger partial charge in [-0.2, -0.15) is 0 Å². The number of aliphatic hydroxyl groups is 1. The molecular formula is C10H12O2S. The molecule has 3 heteroatoms. The average molecular weight is 196 g/mol. The fraction of sp³-hybridized carbons (Fsp3) is 0.300. The zero-order valence-electron chi connectivity index (χ0n) is 7.70. The molecule has 13 heavy (non-hydrogen) atoms. The standard InChI is InChI=1S/C10H12O2S/c1-4-7(2)6-10(3)8(11)5-9(12)13-10/h4-6,11H,1H2,2-3H3/b7-6+/t10-/m1/s1. The van der Waals surface area contributed by atoms with Crippen LogP contribution in [0, 0.1) is 0 Å². The maximum absolute atomic E-state index is 11.0. The number of carbonyl (C=O) groups is 1. The lowest BCUT2D eigenvalue weighted by atomic mass is 10.1. The van der Waals surface area contributed by atoms with E-state index < -0.39 is 4.75 Å². The maximum Gasteiger partial charge on any atom is 0.216 e. The highest BCUT2D eigenvalue weighted by atomic mass is 32.2. The minimum atomic E-state index is -0.602. The molecule has 0 saturated heterocycles. The Morgan fingerprint density at radius 2 is 2.38 bits per heavy atom. The molecule has 0 fully saturated rings. The van der Waals surface area contributed by atoms with Gasteiger partial charge in [-0.25, -0.2) is 0 Å². The zero-order chi connectivity index (χ0) is 10.1. The van der Waals surface area contributed by atoms with Crippen molar-refractivity contribution in [2.24, 2.45) is 0 Å². The lowest BCUT2D eigenvalue weighted by Crippen LogP contribution is -2.17. The van der Waals surface area contributed by atoms with E-state index in [0.29, 0.717) is 0 Å². The Kier molecular flexibility index (Phi) is 2.66. The van der Waals surface area contributed by atoms with E-state index in [4.69, 9.17) is 0 Å². The van der Waals surface area contributed by atoms with Crippen LogP contribution in [-0.4, -0.2) is 15.0 Å². The summed E-state index contributed by atoms with van der Waals surface area (Å²) in [6, 6.07) is 0. The van der Waals surface area contributed by atoms with E-state index in [1.54, 1.807) is 13.0 Å². The molecule has 0 aromatic heterocycles. The Bertz CT molecular complexity index is 315. The summed E-state index contributed by atoms with van der Waals surface area (Å²) in [7, 11) is 0. The van der Waals surface area contributed by atoms with Gasteiger partial charge in [0, 0.05) is 6.08 Å². The third-order valence-electron chi connectivity index (χ3n) is 1.90. The molecule has 0 radical (unpaired) electrons. The topological polar surface area (TPSA) is 37.3 Å². The molecule has 1 aliphatic rings. The van der Waals surface area contributed by atoms with Crippen molar-refractivity contribution in [3.63, 3.8) is 0 Å². The summed E-state index contributed by atoms with van der Waals surface area (Å²) in [5, 5.41) is 9.40. The zero-order valence-corrected chi connectivity index (χ0v) is 8.52. The average Bonchev–Trinajstić information content (AvgIpc) is 2.25. The monoisotopic (exact) mass is 196 g/mol. The molecule has 70 valence electrons. The van der Waals surface area contributed by atoms with Crippen molar-refractivity contribution in [1.29, 1.82) is 0 Å². The van der Waals surface area contributed by atoms with Crippen molar-refractivity contribution in [3.05, 3.63) is 36.1 Å². The number of thioether (sulfide) groups is 1. The van der Waals surface area contributed by atoms with Crippen LogP contribution < -0.4 is 0 Å². The Morgan fingerprint density at radius 1 is 1.77 bits per heavy atom. The smallest absolute Gasteiger partial charge is 0.216 e. The molecule has 0 amide bonds. The van der Waals surface area contributed by atoms with Crippen molar-refractivity contribution in [1.82, 2.24) is 0 Å². The van der Waals surface area contributed by atoms with Gasteiger partial charge in [0.2, 0.25) is 5.12 Å². The molecular weight excluding hydrogens is 184 g/mol. The summed E-state index contributed by atoms with van der Waals surface area (Å²) in [6.07, 6.45) is 4.79. The predicted octanol–water partition coefficient (Wildman–Crippen LogP) is 2.59. The first kappa shape index (κ1) is 10.1. The van der Waals surface area contributed by atoms with Crippen LogP contribution in [0.1, 0.15) is 13.8 Å². The van der Waals surface area contributed by atoms with Crippen LogP contribution in [0.2, 0.25) is 0 Å². The molecule has 0 bridgehead atoms. The van der Waals surface area contributed by atoms with E-state index in [1.165, 1.54) is 6.08 Å². The number of rotatable bonds is 2. The van der Waals surface area contributed by atoms with Gasteiger partial charge in [-0.1, -0.05) is 36.1 Å². The largest absolute Gasteiger partial charge is 0.510 e. The van der Waals surface area contributed by atoms with Crippen molar-refractivity contribution in [3.8, 4) is 0 Å². The van der Waals surface area contributed by atoms with Gasteiger partial charge in [0.25, 0.3) is 0 Å². The number of hydrogen-bond acceptors (Lipinski definition) is 3. The number of allylic oxidation sites excluding steroid dienone is 2. The highest BCUT2D eigenvalue weighted by molar-refractivity contribution is 8.15. The number of carbonyl (C=O) groups excluding carboxylic acids is 1. The fourth-order valence-corrected chi connectivity index (χ4v) is 2.14. The first-order chi connectivity index (χ1) is 5.98. The molecule has 1 atom stereocenters. The van der Waals surface area contributed by atoms with E-state index in [0.717, 1.165) is 17.3 Å². The van der Waals surface area contributed by atoms with Crippen molar-refractivity contribution in [2.45, 2.75) is 18.6 Å². The van der Waals surface area contributed by atoms with Crippen LogP contribution in [0.5, 0.6) is 0 Å². The summed E-state index contributed by atoms with van der Waals surface area (Å²) < 4.78 is -0.602. The summed E-state index contributed by atoms with van der Waals surface area (Å²) in [5.74, 6) is 0.115. The third-order valence-corrected chi connectivity index (χ3v) is 2.97. The normalized spacial score (nSPS) is 28.9. The van der Waals surface area contributed by atoms with Crippen molar-refractivity contribution >= 4 is 16.9 Å². The number of aliphatic hydroxyl groups excluding tert-OH is 1. The second kappa shape index (κ2) is 3.42. The van der Waals surface area contributed by atoms with Gasteiger partial charge >= 0.3 is 0 Å². The first-order valence-corrected chi connectivity index (χ1v) is 4.75. The SMILES string of the molecule is C=C/C(C)=C/[C@@]1(C)SC(=O)C=C1O. The molecule has 0 aromatic carbocycles. The quantitative estimate of drug-likeness (QED) is 0.690. The lowest BCUT2D eigenvalue weighted by Gasteiger charge is -2.18. The highest BCUT2D eigenvalue weighted by Gasteiger charge is 2.36. The molecule has 1 aliphatic heterocycles. The second-order valence-corrected chi connectivity index (χ2v) is 4.60. The van der Waals surface area contributed by atoms with E-state index in [2.05, 4.69) is 6.58 Å². The Balaban J connectivity index is 2.98. The van der Waals surface area contributed by atoms with Gasteiger partial charge in [0.1, 0.15) is 5.76 Å². The van der Waals surface area contributed by atoms with Crippen LogP contribution >= 0.6 is 11.8 Å². The molecule has 2 nitrogen and oxygen atoms in total. The highest BCUT2D eigenvalue weighted by Crippen LogP contribution is 2.40. The number of hydrogen-bond donors (Lipinski definition) is 1. The molecule has 0 saturated carbocycles. The first-order valence-electron chi connectivity index (χ1n) is 3.94. The van der Waals surface area contributed by atoms with Crippen LogP contribution in [-0.2, 0) is 4.79 Å². The van der Waals surface area contributed by atoms with Gasteiger partial charge in [0.05, 0.1) is 4.75 Å². The van der Waals surface area contributed by atoms with Crippen molar-refractivity contribution in [2.75, 3.05) is 0 Å². The minimum Gasteiger partial charge on any atom is -0.510 e. The van der Waals surface area contributed by atoms with E-state index in [-0.39, 0.29) is 10.9 Å². The van der Waals surface area contributed by atoms with Gasteiger partial charge in [-0.05, 0) is 13.8 Å². The third kappa shape index (κ3) is 2.04. The van der Waals surface area contributed by atoms with Crippen LogP contribution in [0.25, 0.3) is 0 Å². The second-order valence-electron chi connectivity index (χ2n) is 3.15. The molecule has 0 aliphatic carbocycles. The molecule has 1 N–H and O–H groups in total. The Labute approximate surface area is 82.0 Å². The lowest BCUT2D eigenvalue weighted by molar-refractivity contribution is -0.106.